The molecule has 1 N–H and O–H groups in total. The summed E-state index contributed by atoms with van der Waals surface area (Å²) in [5.74, 6) is 1.38. The van der Waals surface area contributed by atoms with Crippen molar-refractivity contribution in [3.63, 3.8) is 0 Å². The van der Waals surface area contributed by atoms with Gasteiger partial charge in [0.15, 0.2) is 0 Å². The van der Waals surface area contributed by atoms with Crippen molar-refractivity contribution in [2.45, 2.75) is 33.5 Å². The predicted molar refractivity (Wildman–Crippen MR) is 113 cm³/mol. The van der Waals surface area contributed by atoms with Crippen molar-refractivity contribution in [1.29, 1.82) is 0 Å². The number of aromatic nitrogens is 1. The third kappa shape index (κ3) is 4.77. The third-order valence-corrected chi connectivity index (χ3v) is 4.81. The Bertz CT molecular complexity index is 1060. The molecule has 6 heteroatoms. The molecule has 3 rings (SSSR count). The normalized spacial score (nSPS) is 11.2. The molecule has 1 aromatic heterocycles. The molecule has 0 aliphatic rings. The summed E-state index contributed by atoms with van der Waals surface area (Å²) in [5, 5.41) is 4.17. The quantitative estimate of drug-likeness (QED) is 0.621. The van der Waals surface area contributed by atoms with Gasteiger partial charge in [0.05, 0.1) is 19.7 Å². The van der Waals surface area contributed by atoms with E-state index < -0.39 is 0 Å². The van der Waals surface area contributed by atoms with Gasteiger partial charge in [0.1, 0.15) is 17.3 Å². The summed E-state index contributed by atoms with van der Waals surface area (Å²) in [4.78, 5) is 13.0. The van der Waals surface area contributed by atoms with E-state index in [0.29, 0.717) is 30.7 Å². The highest BCUT2D eigenvalue weighted by Crippen LogP contribution is 2.24. The highest BCUT2D eigenvalue weighted by molar-refractivity contribution is 5.79. The molecule has 0 saturated carbocycles. The van der Waals surface area contributed by atoms with Crippen LogP contribution in [0.4, 0.5) is 4.39 Å². The Kier molecular flexibility index (Phi) is 6.54. The zero-order valence-corrected chi connectivity index (χ0v) is 17.3. The number of methoxy groups -OCH3 is 2. The van der Waals surface area contributed by atoms with Crippen molar-refractivity contribution in [2.24, 2.45) is 5.92 Å². The average Bonchev–Trinajstić information content (AvgIpc) is 2.71. The average molecular weight is 398 g/mol. The molecule has 2 aromatic carbocycles. The molecule has 3 aromatic rings. The molecule has 0 atom stereocenters. The Morgan fingerprint density at radius 3 is 2.45 bits per heavy atom. The molecule has 0 radical (unpaired) electrons. The number of fused-ring (bicyclic) bond motifs is 1. The number of halogens is 1. The molecule has 0 unspecified atom stereocenters. The van der Waals surface area contributed by atoms with Crippen molar-refractivity contribution in [3.8, 4) is 11.5 Å². The summed E-state index contributed by atoms with van der Waals surface area (Å²) in [6.45, 7) is 5.56. The summed E-state index contributed by atoms with van der Waals surface area (Å²) in [6.07, 6.45) is 0. The second kappa shape index (κ2) is 9.09. The third-order valence-electron chi connectivity index (χ3n) is 4.81. The van der Waals surface area contributed by atoms with Crippen LogP contribution in [-0.4, -0.2) is 18.8 Å². The molecule has 0 aliphatic heterocycles. The van der Waals surface area contributed by atoms with Crippen LogP contribution in [0.3, 0.4) is 0 Å². The van der Waals surface area contributed by atoms with Gasteiger partial charge in [-0.15, -0.1) is 0 Å². The number of nitrogens with one attached hydrogen (secondary N) is 1. The van der Waals surface area contributed by atoms with Crippen molar-refractivity contribution in [1.82, 2.24) is 9.88 Å². The number of rotatable bonds is 8. The molecule has 0 aliphatic carbocycles. The van der Waals surface area contributed by atoms with E-state index in [1.807, 2.05) is 38.1 Å². The van der Waals surface area contributed by atoms with Crippen molar-refractivity contribution in [2.75, 3.05) is 14.2 Å². The second-order valence-corrected chi connectivity index (χ2v) is 7.46. The van der Waals surface area contributed by atoms with E-state index in [4.69, 9.17) is 9.47 Å². The van der Waals surface area contributed by atoms with Crippen LogP contribution in [0.25, 0.3) is 10.9 Å². The Hall–Kier alpha value is -2.86. The molecule has 5 nitrogen and oxygen atoms in total. The van der Waals surface area contributed by atoms with Crippen LogP contribution in [0.1, 0.15) is 25.0 Å². The summed E-state index contributed by atoms with van der Waals surface area (Å²) in [6, 6.07) is 12.1. The Morgan fingerprint density at radius 1 is 1.00 bits per heavy atom. The Balaban J connectivity index is 1.86. The van der Waals surface area contributed by atoms with E-state index in [0.717, 1.165) is 22.4 Å². The summed E-state index contributed by atoms with van der Waals surface area (Å²) in [5.41, 5.74) is 2.16. The number of pyridine rings is 1. The van der Waals surface area contributed by atoms with Gasteiger partial charge in [-0.05, 0) is 41.6 Å². The molecule has 0 saturated heterocycles. The first-order chi connectivity index (χ1) is 13.9. The summed E-state index contributed by atoms with van der Waals surface area (Å²) >= 11 is 0. The number of hydrogen-bond donors (Lipinski definition) is 1. The first kappa shape index (κ1) is 20.9. The minimum absolute atomic E-state index is 0.0917. The van der Waals surface area contributed by atoms with E-state index in [2.05, 4.69) is 5.32 Å². The monoisotopic (exact) mass is 398 g/mol. The fourth-order valence-corrected chi connectivity index (χ4v) is 3.41. The lowest BCUT2D eigenvalue weighted by atomic mass is 10.1. The van der Waals surface area contributed by atoms with Crippen molar-refractivity contribution >= 4 is 10.9 Å². The number of hydrogen-bond acceptors (Lipinski definition) is 4. The predicted octanol–water partition coefficient (Wildman–Crippen LogP) is 4.10. The fraction of sp³-hybridized carbons (Fsp3) is 0.348. The highest BCUT2D eigenvalue weighted by Gasteiger charge is 2.12. The second-order valence-electron chi connectivity index (χ2n) is 7.46. The van der Waals surface area contributed by atoms with Crippen molar-refractivity contribution < 1.29 is 13.9 Å². The standard InChI is InChI=1S/C23H27FN2O3/c1-15(2)14-26-21-10-19(24)7-5-16(21)9-18(23(26)27)13-25-12-17-6-8-20(28-3)11-22(17)29-4/h5-11,15,25H,12-14H2,1-4H3. The molecule has 1 heterocycles. The largest absolute Gasteiger partial charge is 0.497 e. The fourth-order valence-electron chi connectivity index (χ4n) is 3.41. The van der Waals surface area contributed by atoms with Gasteiger partial charge in [0, 0.05) is 36.8 Å². The lowest BCUT2D eigenvalue weighted by molar-refractivity contribution is 0.389. The molecular weight excluding hydrogens is 371 g/mol. The first-order valence-corrected chi connectivity index (χ1v) is 9.66. The lowest BCUT2D eigenvalue weighted by Crippen LogP contribution is -2.29. The van der Waals surface area contributed by atoms with Gasteiger partial charge in [-0.25, -0.2) is 4.39 Å². The number of ether oxygens (including phenoxy) is 2. The van der Waals surface area contributed by atoms with Crippen LogP contribution in [0.2, 0.25) is 0 Å². The van der Waals surface area contributed by atoms with Crippen LogP contribution in [-0.2, 0) is 19.6 Å². The van der Waals surface area contributed by atoms with Crippen LogP contribution in [0.5, 0.6) is 11.5 Å². The minimum Gasteiger partial charge on any atom is -0.497 e. The zero-order valence-electron chi connectivity index (χ0n) is 17.3. The molecule has 0 spiro atoms. The molecule has 0 bridgehead atoms. The smallest absolute Gasteiger partial charge is 0.255 e. The van der Waals surface area contributed by atoms with Crippen LogP contribution in [0, 0.1) is 11.7 Å². The van der Waals surface area contributed by atoms with Gasteiger partial charge < -0.3 is 19.4 Å². The van der Waals surface area contributed by atoms with Crippen LogP contribution >= 0.6 is 0 Å². The van der Waals surface area contributed by atoms with Gasteiger partial charge >= 0.3 is 0 Å². The topological polar surface area (TPSA) is 52.5 Å². The maximum Gasteiger partial charge on any atom is 0.255 e. The van der Waals surface area contributed by atoms with E-state index in [-0.39, 0.29) is 17.3 Å². The van der Waals surface area contributed by atoms with E-state index in [9.17, 15) is 9.18 Å². The molecule has 0 amide bonds. The SMILES string of the molecule is COc1ccc(CNCc2cc3ccc(F)cc3n(CC(C)C)c2=O)c(OC)c1. The Labute approximate surface area is 170 Å². The highest BCUT2D eigenvalue weighted by atomic mass is 19.1. The van der Waals surface area contributed by atoms with E-state index in [1.165, 1.54) is 12.1 Å². The van der Waals surface area contributed by atoms with Crippen LogP contribution < -0.4 is 20.3 Å². The first-order valence-electron chi connectivity index (χ1n) is 9.66. The Morgan fingerprint density at radius 2 is 1.76 bits per heavy atom. The molecule has 154 valence electrons. The van der Waals surface area contributed by atoms with Crippen molar-refractivity contribution in [3.05, 3.63) is 69.8 Å². The van der Waals surface area contributed by atoms with Gasteiger partial charge in [-0.3, -0.25) is 4.79 Å². The van der Waals surface area contributed by atoms with Gasteiger partial charge in [0.2, 0.25) is 0 Å². The van der Waals surface area contributed by atoms with Gasteiger partial charge in [-0.2, -0.15) is 0 Å². The maximum atomic E-state index is 13.8. The van der Waals surface area contributed by atoms with Gasteiger partial charge in [-0.1, -0.05) is 19.9 Å². The maximum absolute atomic E-state index is 13.8. The van der Waals surface area contributed by atoms with E-state index >= 15 is 0 Å². The van der Waals surface area contributed by atoms with Gasteiger partial charge in [0.25, 0.3) is 5.56 Å². The summed E-state index contributed by atoms with van der Waals surface area (Å²) < 4.78 is 26.1. The molecular formula is C23H27FN2O3. The molecule has 0 fully saturated rings. The zero-order chi connectivity index (χ0) is 21.0. The molecule has 29 heavy (non-hydrogen) atoms. The number of benzene rings is 2. The number of nitrogens with zero attached hydrogens (tertiary/aromatic N) is 1. The summed E-state index contributed by atoms with van der Waals surface area (Å²) in [7, 11) is 3.23. The van der Waals surface area contributed by atoms with E-state index in [1.54, 1.807) is 24.9 Å². The van der Waals surface area contributed by atoms with Crippen LogP contribution in [0.15, 0.2) is 47.3 Å². The minimum atomic E-state index is -0.341. The lowest BCUT2D eigenvalue weighted by Gasteiger charge is -2.16.